The fourth-order valence-corrected chi connectivity index (χ4v) is 1.59. The highest BCUT2D eigenvalue weighted by Crippen LogP contribution is 2.27. The van der Waals surface area contributed by atoms with Crippen molar-refractivity contribution in [3.05, 3.63) is 0 Å². The molecule has 2 rings (SSSR count). The SMILES string of the molecule is O=C1CCC2OCOCC12. The Balaban J connectivity index is 2.08. The van der Waals surface area contributed by atoms with E-state index in [4.69, 9.17) is 9.47 Å². The van der Waals surface area contributed by atoms with Crippen molar-refractivity contribution in [1.82, 2.24) is 0 Å². The van der Waals surface area contributed by atoms with Gasteiger partial charge >= 0.3 is 0 Å². The maximum Gasteiger partial charge on any atom is 0.147 e. The van der Waals surface area contributed by atoms with Crippen molar-refractivity contribution in [3.63, 3.8) is 0 Å². The van der Waals surface area contributed by atoms with E-state index in [0.717, 1.165) is 6.42 Å². The van der Waals surface area contributed by atoms with E-state index in [-0.39, 0.29) is 12.0 Å². The summed E-state index contributed by atoms with van der Waals surface area (Å²) in [5.41, 5.74) is 0. The van der Waals surface area contributed by atoms with Crippen molar-refractivity contribution in [1.29, 1.82) is 0 Å². The number of ether oxygens (including phenoxy) is 2. The summed E-state index contributed by atoms with van der Waals surface area (Å²) in [6.07, 6.45) is 1.74. The molecule has 10 heavy (non-hydrogen) atoms. The van der Waals surface area contributed by atoms with E-state index in [1.165, 1.54) is 0 Å². The number of fused-ring (bicyclic) bond motifs is 1. The summed E-state index contributed by atoms with van der Waals surface area (Å²) in [6.45, 7) is 0.942. The van der Waals surface area contributed by atoms with Crippen LogP contribution in [-0.2, 0) is 14.3 Å². The van der Waals surface area contributed by atoms with Gasteiger partial charge in [-0.1, -0.05) is 0 Å². The van der Waals surface area contributed by atoms with Crippen molar-refractivity contribution < 1.29 is 14.3 Å². The summed E-state index contributed by atoms with van der Waals surface area (Å²) in [4.78, 5) is 11.0. The Kier molecular flexibility index (Phi) is 1.47. The van der Waals surface area contributed by atoms with E-state index in [9.17, 15) is 4.79 Å². The van der Waals surface area contributed by atoms with Crippen molar-refractivity contribution >= 4 is 5.78 Å². The third kappa shape index (κ3) is 0.859. The van der Waals surface area contributed by atoms with Gasteiger partial charge < -0.3 is 9.47 Å². The molecule has 2 aliphatic rings. The molecule has 0 aromatic carbocycles. The number of ketones is 1. The zero-order valence-corrected chi connectivity index (χ0v) is 5.71. The zero-order valence-electron chi connectivity index (χ0n) is 5.71. The summed E-state index contributed by atoms with van der Waals surface area (Å²) < 4.78 is 10.2. The first-order chi connectivity index (χ1) is 4.88. The molecule has 2 atom stereocenters. The average molecular weight is 142 g/mol. The standard InChI is InChI=1S/C7H10O3/c8-6-1-2-7-5(6)3-9-4-10-7/h5,7H,1-4H2. The van der Waals surface area contributed by atoms with Gasteiger partial charge in [0.05, 0.1) is 18.6 Å². The number of rotatable bonds is 0. The minimum atomic E-state index is 0.0498. The van der Waals surface area contributed by atoms with Gasteiger partial charge in [-0.2, -0.15) is 0 Å². The molecule has 2 fully saturated rings. The van der Waals surface area contributed by atoms with Crippen LogP contribution in [0.3, 0.4) is 0 Å². The lowest BCUT2D eigenvalue weighted by atomic mass is 10.1. The van der Waals surface area contributed by atoms with Gasteiger partial charge in [-0.15, -0.1) is 0 Å². The van der Waals surface area contributed by atoms with E-state index in [1.807, 2.05) is 0 Å². The minimum absolute atomic E-state index is 0.0498. The van der Waals surface area contributed by atoms with E-state index < -0.39 is 0 Å². The number of carbonyl (C=O) groups is 1. The quantitative estimate of drug-likeness (QED) is 0.489. The molecule has 56 valence electrons. The maximum atomic E-state index is 11.0. The van der Waals surface area contributed by atoms with Crippen LogP contribution in [0.1, 0.15) is 12.8 Å². The van der Waals surface area contributed by atoms with Crippen molar-refractivity contribution in [2.24, 2.45) is 5.92 Å². The van der Waals surface area contributed by atoms with E-state index in [1.54, 1.807) is 0 Å². The number of hydrogen-bond acceptors (Lipinski definition) is 3. The molecule has 1 aliphatic carbocycles. The highest BCUT2D eigenvalue weighted by atomic mass is 16.7. The highest BCUT2D eigenvalue weighted by molar-refractivity contribution is 5.84. The third-order valence-electron chi connectivity index (χ3n) is 2.20. The number of carbonyl (C=O) groups excluding carboxylic acids is 1. The largest absolute Gasteiger partial charge is 0.355 e. The molecule has 0 radical (unpaired) electrons. The Labute approximate surface area is 59.3 Å². The molecule has 0 N–H and O–H groups in total. The highest BCUT2D eigenvalue weighted by Gasteiger charge is 2.37. The Bertz CT molecular complexity index is 155. The Hall–Kier alpha value is -0.410. The summed E-state index contributed by atoms with van der Waals surface area (Å²) >= 11 is 0. The lowest BCUT2D eigenvalue weighted by Crippen LogP contribution is -2.33. The normalized spacial score (nSPS) is 39.8. The van der Waals surface area contributed by atoms with Gasteiger partial charge in [-0.25, -0.2) is 0 Å². The first-order valence-corrected chi connectivity index (χ1v) is 3.60. The van der Waals surface area contributed by atoms with Crippen LogP contribution in [0.4, 0.5) is 0 Å². The fourth-order valence-electron chi connectivity index (χ4n) is 1.59. The third-order valence-corrected chi connectivity index (χ3v) is 2.20. The lowest BCUT2D eigenvalue weighted by Gasteiger charge is -2.24. The molecule has 1 aliphatic heterocycles. The molecule has 0 bridgehead atoms. The smallest absolute Gasteiger partial charge is 0.147 e. The minimum Gasteiger partial charge on any atom is -0.355 e. The van der Waals surface area contributed by atoms with Gasteiger partial charge in [-0.05, 0) is 6.42 Å². The summed E-state index contributed by atoms with van der Waals surface area (Å²) in [5, 5.41) is 0. The molecule has 0 amide bonds. The number of hydrogen-bond donors (Lipinski definition) is 0. The lowest BCUT2D eigenvalue weighted by molar-refractivity contribution is -0.165. The average Bonchev–Trinajstić information content (AvgIpc) is 2.34. The topological polar surface area (TPSA) is 35.5 Å². The molecule has 3 heteroatoms. The first kappa shape index (κ1) is 6.31. The molecule has 1 saturated heterocycles. The predicted molar refractivity (Wildman–Crippen MR) is 33.4 cm³/mol. The van der Waals surface area contributed by atoms with Crippen molar-refractivity contribution in [3.8, 4) is 0 Å². The van der Waals surface area contributed by atoms with Gasteiger partial charge in [-0.3, -0.25) is 4.79 Å². The van der Waals surface area contributed by atoms with Crippen LogP contribution in [0.15, 0.2) is 0 Å². The van der Waals surface area contributed by atoms with Crippen LogP contribution in [0.25, 0.3) is 0 Å². The number of Topliss-reactive ketones (excluding diaryl/α,β-unsaturated/α-hetero) is 1. The zero-order chi connectivity index (χ0) is 6.97. The van der Waals surface area contributed by atoms with Crippen LogP contribution in [-0.4, -0.2) is 25.3 Å². The summed E-state index contributed by atoms with van der Waals surface area (Å²) in [7, 11) is 0. The van der Waals surface area contributed by atoms with Crippen LogP contribution < -0.4 is 0 Å². The fraction of sp³-hybridized carbons (Fsp3) is 0.857. The van der Waals surface area contributed by atoms with Gasteiger partial charge in [0.25, 0.3) is 0 Å². The van der Waals surface area contributed by atoms with Crippen LogP contribution in [0.2, 0.25) is 0 Å². The molecule has 1 saturated carbocycles. The molecule has 3 nitrogen and oxygen atoms in total. The van der Waals surface area contributed by atoms with Gasteiger partial charge in [0.15, 0.2) is 0 Å². The van der Waals surface area contributed by atoms with Gasteiger partial charge in [0.2, 0.25) is 0 Å². The second kappa shape index (κ2) is 2.32. The van der Waals surface area contributed by atoms with Crippen molar-refractivity contribution in [2.75, 3.05) is 13.4 Å². The van der Waals surface area contributed by atoms with Crippen LogP contribution in [0.5, 0.6) is 0 Å². The molecule has 1 heterocycles. The molecular weight excluding hydrogens is 132 g/mol. The molecule has 0 aromatic rings. The second-order valence-electron chi connectivity index (χ2n) is 2.81. The van der Waals surface area contributed by atoms with Crippen LogP contribution in [0, 0.1) is 5.92 Å². The van der Waals surface area contributed by atoms with E-state index >= 15 is 0 Å². The second-order valence-corrected chi connectivity index (χ2v) is 2.81. The van der Waals surface area contributed by atoms with Gasteiger partial charge in [0, 0.05) is 6.42 Å². The Morgan fingerprint density at radius 3 is 3.20 bits per heavy atom. The molecule has 0 aromatic heterocycles. The Morgan fingerprint density at radius 1 is 1.50 bits per heavy atom. The van der Waals surface area contributed by atoms with Crippen LogP contribution >= 0.6 is 0 Å². The summed E-state index contributed by atoms with van der Waals surface area (Å²) in [5.74, 6) is 0.360. The molecule has 0 spiro atoms. The molecule has 2 unspecified atom stereocenters. The summed E-state index contributed by atoms with van der Waals surface area (Å²) in [6, 6.07) is 0. The van der Waals surface area contributed by atoms with Gasteiger partial charge in [0.1, 0.15) is 12.6 Å². The predicted octanol–water partition coefficient (Wildman–Crippen LogP) is 0.338. The monoisotopic (exact) mass is 142 g/mol. The van der Waals surface area contributed by atoms with Crippen molar-refractivity contribution in [2.45, 2.75) is 18.9 Å². The van der Waals surface area contributed by atoms with E-state index in [2.05, 4.69) is 0 Å². The van der Waals surface area contributed by atoms with E-state index in [0.29, 0.717) is 25.6 Å². The maximum absolute atomic E-state index is 11.0. The molecular formula is C7H10O3. The first-order valence-electron chi connectivity index (χ1n) is 3.60. The Morgan fingerprint density at radius 2 is 2.40 bits per heavy atom.